The van der Waals surface area contributed by atoms with Crippen molar-refractivity contribution in [2.75, 3.05) is 0 Å². The quantitative estimate of drug-likeness (QED) is 0.724. The molecule has 0 aliphatic heterocycles. The molecule has 1 aliphatic rings. The zero-order valence-corrected chi connectivity index (χ0v) is 11.0. The molecule has 1 aliphatic carbocycles. The number of fused-ring (bicyclic) bond motifs is 1. The smallest absolute Gasteiger partial charge is 0.130 e. The molecule has 0 radical (unpaired) electrons. The maximum absolute atomic E-state index is 11.0. The molecule has 1 aromatic heterocycles. The third-order valence-corrected chi connectivity index (χ3v) is 3.24. The number of aromatic nitrogens is 1. The van der Waals surface area contributed by atoms with Gasteiger partial charge in [-0.1, -0.05) is 42.5 Å². The molecule has 1 atom stereocenters. The van der Waals surface area contributed by atoms with Crippen molar-refractivity contribution in [1.82, 2.24) is 4.98 Å². The van der Waals surface area contributed by atoms with Crippen LogP contribution < -0.4 is 0 Å². The van der Waals surface area contributed by atoms with Gasteiger partial charge >= 0.3 is 0 Å². The number of carbonyl (C=O) groups is 1. The minimum atomic E-state index is -0.314. The zero-order chi connectivity index (χ0) is 13.6. The maximum atomic E-state index is 11.0. The van der Waals surface area contributed by atoms with Crippen LogP contribution in [0.25, 0.3) is 6.08 Å². The number of rotatable bonds is 1. The lowest BCUT2D eigenvalue weighted by Crippen LogP contribution is -2.25. The van der Waals surface area contributed by atoms with Gasteiger partial charge in [0.15, 0.2) is 0 Å². The molecule has 96 valence electrons. The lowest BCUT2D eigenvalue weighted by atomic mass is 9.75. The first-order valence-corrected chi connectivity index (χ1v) is 6.34. The van der Waals surface area contributed by atoms with Crippen LogP contribution in [0.4, 0.5) is 0 Å². The van der Waals surface area contributed by atoms with Gasteiger partial charge in [-0.15, -0.1) is 0 Å². The number of nitrogens with zero attached hydrogens (tertiary/aromatic N) is 1. The molecule has 0 saturated carbocycles. The van der Waals surface area contributed by atoms with Crippen LogP contribution in [0.3, 0.4) is 0 Å². The Morgan fingerprint density at radius 3 is 2.42 bits per heavy atom. The van der Waals surface area contributed by atoms with E-state index >= 15 is 0 Å². The molecule has 0 N–H and O–H groups in total. The normalized spacial score (nSPS) is 19.8. The van der Waals surface area contributed by atoms with E-state index in [1.807, 2.05) is 49.4 Å². The van der Waals surface area contributed by atoms with Crippen LogP contribution in [0.2, 0.25) is 0 Å². The number of hydrogen-bond acceptors (Lipinski definition) is 2. The lowest BCUT2D eigenvalue weighted by molar-refractivity contribution is -0.112. The summed E-state index contributed by atoms with van der Waals surface area (Å²) in [5.41, 5.74) is 2.00. The number of carbonyl (C=O) groups excluding carboxylic acids is 1. The van der Waals surface area contributed by atoms with E-state index < -0.39 is 0 Å². The van der Waals surface area contributed by atoms with Crippen LogP contribution in [0.15, 0.2) is 60.9 Å². The third-order valence-electron chi connectivity index (χ3n) is 3.24. The van der Waals surface area contributed by atoms with Gasteiger partial charge in [0.05, 0.1) is 5.41 Å². The van der Waals surface area contributed by atoms with E-state index in [0.717, 1.165) is 18.3 Å². The number of benzene rings is 1. The average Bonchev–Trinajstić information content (AvgIpc) is 2.50. The summed E-state index contributed by atoms with van der Waals surface area (Å²) in [6.45, 7) is 1.99. The van der Waals surface area contributed by atoms with Crippen molar-refractivity contribution in [2.24, 2.45) is 0 Å². The Hall–Kier alpha value is -2.22. The standard InChI is InChI=1S/C12H12O.C5H5N/c1-12(9-13)8-4-6-10-5-2-3-7-11(10)12;1-2-4-6-5-3-1/h2-7,9H,8H2,1H3;1-5H. The molecular formula is C17H17NO. The monoisotopic (exact) mass is 251 g/mol. The molecule has 0 fully saturated rings. The van der Waals surface area contributed by atoms with E-state index in [2.05, 4.69) is 17.1 Å². The third kappa shape index (κ3) is 3.16. The molecule has 1 unspecified atom stereocenters. The fourth-order valence-corrected chi connectivity index (χ4v) is 2.13. The topological polar surface area (TPSA) is 30.0 Å². The SMILES string of the molecule is CC1(C=O)CC=Cc2ccccc21.c1ccncc1. The second-order valence-corrected chi connectivity index (χ2v) is 4.75. The average molecular weight is 251 g/mol. The van der Waals surface area contributed by atoms with Gasteiger partial charge < -0.3 is 4.79 Å². The van der Waals surface area contributed by atoms with E-state index in [1.165, 1.54) is 5.56 Å². The van der Waals surface area contributed by atoms with Gasteiger partial charge in [-0.2, -0.15) is 0 Å². The van der Waals surface area contributed by atoms with Crippen molar-refractivity contribution in [3.63, 3.8) is 0 Å². The maximum Gasteiger partial charge on any atom is 0.130 e. The summed E-state index contributed by atoms with van der Waals surface area (Å²) >= 11 is 0. The molecule has 0 saturated heterocycles. The summed E-state index contributed by atoms with van der Waals surface area (Å²) in [6, 6.07) is 13.8. The number of aldehydes is 1. The molecule has 0 bridgehead atoms. The number of pyridine rings is 1. The molecule has 3 rings (SSSR count). The summed E-state index contributed by atoms with van der Waals surface area (Å²) < 4.78 is 0. The fraction of sp³-hybridized carbons (Fsp3) is 0.176. The Labute approximate surface area is 113 Å². The van der Waals surface area contributed by atoms with E-state index in [-0.39, 0.29) is 5.41 Å². The molecule has 0 amide bonds. The predicted molar refractivity (Wildman–Crippen MR) is 77.7 cm³/mol. The molecular weight excluding hydrogens is 234 g/mol. The van der Waals surface area contributed by atoms with Crippen LogP contribution in [-0.2, 0) is 10.2 Å². The van der Waals surface area contributed by atoms with Crippen LogP contribution >= 0.6 is 0 Å². The summed E-state index contributed by atoms with van der Waals surface area (Å²) in [5, 5.41) is 0. The Bertz CT molecular complexity index is 536. The highest BCUT2D eigenvalue weighted by Crippen LogP contribution is 2.33. The first-order chi connectivity index (χ1) is 9.26. The molecule has 2 aromatic rings. The highest BCUT2D eigenvalue weighted by atomic mass is 16.1. The summed E-state index contributed by atoms with van der Waals surface area (Å²) in [6.07, 6.45) is 9.51. The van der Waals surface area contributed by atoms with Gasteiger partial charge in [-0.25, -0.2) is 0 Å². The first kappa shape index (κ1) is 13.2. The van der Waals surface area contributed by atoms with Crippen LogP contribution in [0, 0.1) is 0 Å². The van der Waals surface area contributed by atoms with E-state index in [0.29, 0.717) is 0 Å². The minimum Gasteiger partial charge on any atom is -0.302 e. The number of allylic oxidation sites excluding steroid dienone is 1. The van der Waals surface area contributed by atoms with Crippen molar-refractivity contribution in [3.05, 3.63) is 72.1 Å². The van der Waals surface area contributed by atoms with E-state index in [9.17, 15) is 4.79 Å². The van der Waals surface area contributed by atoms with Crippen molar-refractivity contribution in [1.29, 1.82) is 0 Å². The minimum absolute atomic E-state index is 0.314. The van der Waals surface area contributed by atoms with Crippen molar-refractivity contribution >= 4 is 12.4 Å². The fourth-order valence-electron chi connectivity index (χ4n) is 2.13. The van der Waals surface area contributed by atoms with E-state index in [1.54, 1.807) is 12.4 Å². The largest absolute Gasteiger partial charge is 0.302 e. The summed E-state index contributed by atoms with van der Waals surface area (Å²) in [4.78, 5) is 14.8. The first-order valence-electron chi connectivity index (χ1n) is 6.34. The van der Waals surface area contributed by atoms with Crippen LogP contribution in [0.5, 0.6) is 0 Å². The molecule has 19 heavy (non-hydrogen) atoms. The lowest BCUT2D eigenvalue weighted by Gasteiger charge is -2.27. The summed E-state index contributed by atoms with van der Waals surface area (Å²) in [7, 11) is 0. The van der Waals surface area contributed by atoms with Gasteiger partial charge in [0.2, 0.25) is 0 Å². The predicted octanol–water partition coefficient (Wildman–Crippen LogP) is 3.64. The van der Waals surface area contributed by atoms with Gasteiger partial charge in [0.25, 0.3) is 0 Å². The second kappa shape index (κ2) is 6.10. The number of hydrogen-bond donors (Lipinski definition) is 0. The Kier molecular flexibility index (Phi) is 4.24. The van der Waals surface area contributed by atoms with Gasteiger partial charge in [-0.05, 0) is 36.6 Å². The molecule has 0 spiro atoms. The van der Waals surface area contributed by atoms with Gasteiger partial charge in [-0.3, -0.25) is 4.98 Å². The van der Waals surface area contributed by atoms with Crippen LogP contribution in [-0.4, -0.2) is 11.3 Å². The molecule has 1 aromatic carbocycles. The molecule has 2 nitrogen and oxygen atoms in total. The second-order valence-electron chi connectivity index (χ2n) is 4.75. The zero-order valence-electron chi connectivity index (χ0n) is 11.0. The van der Waals surface area contributed by atoms with Crippen molar-refractivity contribution < 1.29 is 4.79 Å². The highest BCUT2D eigenvalue weighted by molar-refractivity contribution is 5.75. The van der Waals surface area contributed by atoms with Crippen molar-refractivity contribution in [2.45, 2.75) is 18.8 Å². The highest BCUT2D eigenvalue weighted by Gasteiger charge is 2.28. The Morgan fingerprint density at radius 1 is 1.11 bits per heavy atom. The van der Waals surface area contributed by atoms with Gasteiger partial charge in [0, 0.05) is 12.4 Å². The van der Waals surface area contributed by atoms with Crippen LogP contribution in [0.1, 0.15) is 24.5 Å². The van der Waals surface area contributed by atoms with Crippen molar-refractivity contribution in [3.8, 4) is 0 Å². The van der Waals surface area contributed by atoms with Gasteiger partial charge in [0.1, 0.15) is 6.29 Å². The Balaban J connectivity index is 0.000000186. The molecule has 2 heteroatoms. The summed E-state index contributed by atoms with van der Waals surface area (Å²) in [5.74, 6) is 0. The molecule has 1 heterocycles. The Morgan fingerprint density at radius 2 is 1.84 bits per heavy atom. The van der Waals surface area contributed by atoms with E-state index in [4.69, 9.17) is 0 Å².